The summed E-state index contributed by atoms with van der Waals surface area (Å²) in [6.07, 6.45) is 17.3. The molecule has 176 valence electrons. The zero-order chi connectivity index (χ0) is 22.4. The third-order valence-corrected chi connectivity index (χ3v) is 10.5. The van der Waals surface area contributed by atoms with E-state index < -0.39 is 0 Å². The predicted octanol–water partition coefficient (Wildman–Crippen LogP) is 7.96. The van der Waals surface area contributed by atoms with Crippen LogP contribution in [0.25, 0.3) is 0 Å². The van der Waals surface area contributed by atoms with Crippen LogP contribution in [-0.4, -0.2) is 12.1 Å². The van der Waals surface area contributed by atoms with E-state index in [2.05, 4.69) is 40.7 Å². The number of carbonyl (C=O) groups excluding carboxylic acids is 1. The molecule has 0 unspecified atom stereocenters. The molecular formula is C29H48O2. The van der Waals surface area contributed by atoms with Gasteiger partial charge in [-0.15, -0.1) is 0 Å². The molecule has 4 rings (SSSR count). The molecule has 0 aromatic heterocycles. The molecule has 31 heavy (non-hydrogen) atoms. The van der Waals surface area contributed by atoms with Crippen molar-refractivity contribution in [1.29, 1.82) is 0 Å². The number of hydrogen-bond acceptors (Lipinski definition) is 2. The van der Waals surface area contributed by atoms with E-state index in [0.717, 1.165) is 42.4 Å². The highest BCUT2D eigenvalue weighted by Gasteiger charge is 2.58. The van der Waals surface area contributed by atoms with Gasteiger partial charge in [0, 0.05) is 6.92 Å². The Morgan fingerprint density at radius 3 is 2.58 bits per heavy atom. The predicted molar refractivity (Wildman–Crippen MR) is 129 cm³/mol. The molecule has 3 saturated carbocycles. The summed E-state index contributed by atoms with van der Waals surface area (Å²) in [5, 5.41) is 0. The van der Waals surface area contributed by atoms with Crippen LogP contribution in [0, 0.1) is 46.3 Å². The Morgan fingerprint density at radius 2 is 1.87 bits per heavy atom. The SMILES string of the molecule is CC(=O)O[C@H]1CC[C@@]2(C)[C@@H](CC=C3[C@H]2CC[C@@H]2[C@@H]([C@H](C)CCCC(C)C)CC[C@]32C)C1. The first-order valence-corrected chi connectivity index (χ1v) is 13.5. The van der Waals surface area contributed by atoms with Gasteiger partial charge in [0.2, 0.25) is 0 Å². The first kappa shape index (κ1) is 23.4. The summed E-state index contributed by atoms with van der Waals surface area (Å²) in [6.45, 7) is 14.1. The Bertz CT molecular complexity index is 693. The molecule has 0 bridgehead atoms. The minimum atomic E-state index is -0.104. The third-order valence-electron chi connectivity index (χ3n) is 10.5. The first-order chi connectivity index (χ1) is 14.6. The molecule has 0 amide bonds. The molecule has 0 aromatic rings. The van der Waals surface area contributed by atoms with Gasteiger partial charge in [-0.3, -0.25) is 4.79 Å². The van der Waals surface area contributed by atoms with Crippen molar-refractivity contribution in [2.24, 2.45) is 46.3 Å². The molecule has 4 aliphatic rings. The van der Waals surface area contributed by atoms with E-state index in [4.69, 9.17) is 4.74 Å². The molecule has 0 saturated heterocycles. The van der Waals surface area contributed by atoms with E-state index in [0.29, 0.717) is 16.7 Å². The van der Waals surface area contributed by atoms with Crippen LogP contribution in [0.15, 0.2) is 11.6 Å². The number of rotatable bonds is 6. The average Bonchev–Trinajstić information content (AvgIpc) is 3.05. The molecule has 2 heteroatoms. The van der Waals surface area contributed by atoms with Gasteiger partial charge < -0.3 is 4.74 Å². The fourth-order valence-electron chi connectivity index (χ4n) is 8.74. The quantitative estimate of drug-likeness (QED) is 0.317. The maximum absolute atomic E-state index is 11.5. The standard InChI is InChI=1S/C29H48O2/c1-19(2)8-7-9-20(3)24-15-17-29(6)25(24)12-13-26-27(29)11-10-22-18-23(31-21(4)30)14-16-28(22,26)5/h11,19-20,22-26H,7-10,12-18H2,1-6H3/t20-,22+,23+,24-,25-,26-,28+,29+/m1/s1. The van der Waals surface area contributed by atoms with Gasteiger partial charge in [-0.25, -0.2) is 0 Å². The summed E-state index contributed by atoms with van der Waals surface area (Å²) in [6, 6.07) is 0. The van der Waals surface area contributed by atoms with Gasteiger partial charge in [-0.1, -0.05) is 65.5 Å². The number of esters is 1. The van der Waals surface area contributed by atoms with Crippen molar-refractivity contribution >= 4 is 5.97 Å². The lowest BCUT2D eigenvalue weighted by molar-refractivity contribution is -0.152. The summed E-state index contributed by atoms with van der Waals surface area (Å²) in [5.74, 6) is 4.91. The van der Waals surface area contributed by atoms with Gasteiger partial charge in [-0.2, -0.15) is 0 Å². The van der Waals surface area contributed by atoms with Gasteiger partial charge in [0.15, 0.2) is 0 Å². The summed E-state index contributed by atoms with van der Waals surface area (Å²) in [4.78, 5) is 11.5. The van der Waals surface area contributed by atoms with E-state index in [9.17, 15) is 4.79 Å². The number of fused-ring (bicyclic) bond motifs is 5. The van der Waals surface area contributed by atoms with E-state index in [1.807, 2.05) is 5.57 Å². The Morgan fingerprint density at radius 1 is 1.10 bits per heavy atom. The molecule has 0 aliphatic heterocycles. The van der Waals surface area contributed by atoms with Crippen molar-refractivity contribution in [1.82, 2.24) is 0 Å². The maximum atomic E-state index is 11.5. The summed E-state index contributed by atoms with van der Waals surface area (Å²) in [5.41, 5.74) is 2.71. The minimum Gasteiger partial charge on any atom is -0.463 e. The lowest BCUT2D eigenvalue weighted by Crippen LogP contribution is -2.50. The van der Waals surface area contributed by atoms with Gasteiger partial charge in [0.25, 0.3) is 0 Å². The van der Waals surface area contributed by atoms with Crippen molar-refractivity contribution in [3.8, 4) is 0 Å². The van der Waals surface area contributed by atoms with E-state index in [-0.39, 0.29) is 12.1 Å². The normalized spacial score (nSPS) is 42.9. The van der Waals surface area contributed by atoms with Crippen molar-refractivity contribution in [2.75, 3.05) is 0 Å². The molecule has 4 aliphatic carbocycles. The van der Waals surface area contributed by atoms with Gasteiger partial charge in [0.1, 0.15) is 6.10 Å². The third kappa shape index (κ3) is 4.26. The van der Waals surface area contributed by atoms with Gasteiger partial charge in [-0.05, 0) is 97.7 Å². The Kier molecular flexibility index (Phi) is 6.68. The van der Waals surface area contributed by atoms with Crippen molar-refractivity contribution in [3.05, 3.63) is 11.6 Å². The molecular weight excluding hydrogens is 380 g/mol. The van der Waals surface area contributed by atoms with Gasteiger partial charge >= 0.3 is 5.97 Å². The Hall–Kier alpha value is -0.790. The fourth-order valence-corrected chi connectivity index (χ4v) is 8.74. The summed E-state index contributed by atoms with van der Waals surface area (Å²) < 4.78 is 5.64. The highest BCUT2D eigenvalue weighted by Crippen LogP contribution is 2.67. The van der Waals surface area contributed by atoms with Crippen LogP contribution in [0.2, 0.25) is 0 Å². The van der Waals surface area contributed by atoms with Crippen LogP contribution in [0.4, 0.5) is 0 Å². The molecule has 0 spiro atoms. The number of ether oxygens (including phenoxy) is 1. The highest BCUT2D eigenvalue weighted by atomic mass is 16.5. The summed E-state index contributed by atoms with van der Waals surface area (Å²) >= 11 is 0. The number of allylic oxidation sites excluding steroid dienone is 2. The van der Waals surface area contributed by atoms with Crippen molar-refractivity contribution < 1.29 is 9.53 Å². The number of hydrogen-bond donors (Lipinski definition) is 0. The van der Waals surface area contributed by atoms with E-state index in [1.54, 1.807) is 6.92 Å². The average molecular weight is 429 g/mol. The molecule has 0 radical (unpaired) electrons. The maximum Gasteiger partial charge on any atom is 0.302 e. The molecule has 3 fully saturated rings. The van der Waals surface area contributed by atoms with E-state index in [1.165, 1.54) is 57.8 Å². The smallest absolute Gasteiger partial charge is 0.302 e. The lowest BCUT2D eigenvalue weighted by Gasteiger charge is -2.58. The topological polar surface area (TPSA) is 26.3 Å². The molecule has 0 aromatic carbocycles. The second-order valence-electron chi connectivity index (χ2n) is 12.8. The molecule has 8 atom stereocenters. The Labute approximate surface area is 192 Å². The van der Waals surface area contributed by atoms with Crippen LogP contribution in [0.3, 0.4) is 0 Å². The largest absolute Gasteiger partial charge is 0.463 e. The number of carbonyl (C=O) groups is 1. The monoisotopic (exact) mass is 428 g/mol. The zero-order valence-electron chi connectivity index (χ0n) is 21.2. The zero-order valence-corrected chi connectivity index (χ0v) is 21.2. The second-order valence-corrected chi connectivity index (χ2v) is 12.8. The van der Waals surface area contributed by atoms with Crippen LogP contribution in [-0.2, 0) is 9.53 Å². The lowest BCUT2D eigenvalue weighted by atomic mass is 9.47. The second kappa shape index (κ2) is 8.86. The van der Waals surface area contributed by atoms with Crippen molar-refractivity contribution in [3.63, 3.8) is 0 Å². The van der Waals surface area contributed by atoms with E-state index >= 15 is 0 Å². The van der Waals surface area contributed by atoms with Gasteiger partial charge in [0.05, 0.1) is 0 Å². The Balaban J connectivity index is 1.48. The van der Waals surface area contributed by atoms with Crippen LogP contribution in [0.1, 0.15) is 112 Å². The first-order valence-electron chi connectivity index (χ1n) is 13.5. The fraction of sp³-hybridized carbons (Fsp3) is 0.897. The molecule has 0 heterocycles. The van der Waals surface area contributed by atoms with Crippen molar-refractivity contribution in [2.45, 2.75) is 118 Å². The van der Waals surface area contributed by atoms with Crippen LogP contribution >= 0.6 is 0 Å². The van der Waals surface area contributed by atoms with Crippen LogP contribution < -0.4 is 0 Å². The molecule has 0 N–H and O–H groups in total. The van der Waals surface area contributed by atoms with Crippen LogP contribution in [0.5, 0.6) is 0 Å². The summed E-state index contributed by atoms with van der Waals surface area (Å²) in [7, 11) is 0. The minimum absolute atomic E-state index is 0.104. The molecule has 2 nitrogen and oxygen atoms in total. The highest BCUT2D eigenvalue weighted by molar-refractivity contribution is 5.66.